The standard InChI is InChI=1S/C21H16ClN3/c22-20-14-8-7-13-18(20)21-19(16-9-3-1-4-10-16)15-23-24-25(21)17-11-5-2-6-12-17/h1-15,24H. The molecule has 0 amide bonds. The van der Waals surface area contributed by atoms with E-state index in [1.165, 1.54) is 0 Å². The molecule has 0 atom stereocenters. The fourth-order valence-electron chi connectivity index (χ4n) is 2.89. The van der Waals surface area contributed by atoms with Gasteiger partial charge in [-0.25, -0.2) is 10.5 Å². The summed E-state index contributed by atoms with van der Waals surface area (Å²) in [7, 11) is 0. The summed E-state index contributed by atoms with van der Waals surface area (Å²) in [4.78, 5) is 0. The number of allylic oxidation sites excluding steroid dienone is 1. The maximum Gasteiger partial charge on any atom is 0.0828 e. The van der Waals surface area contributed by atoms with Gasteiger partial charge < -0.3 is 0 Å². The van der Waals surface area contributed by atoms with Gasteiger partial charge >= 0.3 is 0 Å². The number of benzene rings is 3. The molecule has 1 aliphatic rings. The van der Waals surface area contributed by atoms with Crippen molar-refractivity contribution in [3.05, 3.63) is 101 Å². The van der Waals surface area contributed by atoms with Gasteiger partial charge in [-0.3, -0.25) is 0 Å². The Labute approximate surface area is 151 Å². The monoisotopic (exact) mass is 345 g/mol. The predicted molar refractivity (Wildman–Crippen MR) is 105 cm³/mol. The first-order chi connectivity index (χ1) is 12.3. The zero-order chi connectivity index (χ0) is 17.1. The molecule has 4 heteroatoms. The summed E-state index contributed by atoms with van der Waals surface area (Å²) in [5, 5.41) is 7.01. The highest BCUT2D eigenvalue weighted by atomic mass is 35.5. The molecule has 0 aromatic heterocycles. The third-order valence-corrected chi connectivity index (χ3v) is 4.39. The van der Waals surface area contributed by atoms with Gasteiger partial charge in [-0.15, -0.1) is 0 Å². The molecule has 1 heterocycles. The number of hydrogen-bond donors (Lipinski definition) is 1. The number of hydrazone groups is 1. The Morgan fingerprint density at radius 1 is 0.760 bits per heavy atom. The van der Waals surface area contributed by atoms with Crippen LogP contribution in [0.4, 0.5) is 5.69 Å². The Morgan fingerprint density at radius 3 is 2.12 bits per heavy atom. The van der Waals surface area contributed by atoms with Crippen molar-refractivity contribution in [1.29, 1.82) is 0 Å². The van der Waals surface area contributed by atoms with Crippen LogP contribution in [0.25, 0.3) is 11.3 Å². The summed E-state index contributed by atoms with van der Waals surface area (Å²) >= 11 is 6.53. The normalized spacial score (nSPS) is 13.7. The number of hydrazine groups is 1. The summed E-state index contributed by atoms with van der Waals surface area (Å²) in [6.45, 7) is 0. The van der Waals surface area contributed by atoms with E-state index in [1.807, 2.05) is 84.0 Å². The molecule has 0 radical (unpaired) electrons. The molecule has 0 unspecified atom stereocenters. The highest BCUT2D eigenvalue weighted by Gasteiger charge is 2.23. The van der Waals surface area contributed by atoms with Gasteiger partial charge in [-0.1, -0.05) is 78.3 Å². The van der Waals surface area contributed by atoms with Crippen molar-refractivity contribution in [2.75, 3.05) is 5.01 Å². The average molecular weight is 346 g/mol. The molecule has 1 aliphatic heterocycles. The lowest BCUT2D eigenvalue weighted by Crippen LogP contribution is -2.36. The van der Waals surface area contributed by atoms with Crippen LogP contribution >= 0.6 is 11.6 Å². The van der Waals surface area contributed by atoms with E-state index < -0.39 is 0 Å². The van der Waals surface area contributed by atoms with Gasteiger partial charge in [0.05, 0.1) is 17.6 Å². The predicted octanol–water partition coefficient (Wildman–Crippen LogP) is 5.22. The van der Waals surface area contributed by atoms with Crippen LogP contribution in [0.1, 0.15) is 11.1 Å². The van der Waals surface area contributed by atoms with Crippen molar-refractivity contribution in [1.82, 2.24) is 5.53 Å². The van der Waals surface area contributed by atoms with Crippen LogP contribution in [0.2, 0.25) is 5.02 Å². The molecule has 122 valence electrons. The minimum absolute atomic E-state index is 0.698. The first-order valence-corrected chi connectivity index (χ1v) is 8.41. The summed E-state index contributed by atoms with van der Waals surface area (Å²) in [5.41, 5.74) is 8.10. The molecule has 0 bridgehead atoms. The van der Waals surface area contributed by atoms with Crippen molar-refractivity contribution >= 4 is 34.8 Å². The molecule has 3 aromatic carbocycles. The second kappa shape index (κ2) is 6.83. The molecule has 0 spiro atoms. The summed E-state index contributed by atoms with van der Waals surface area (Å²) in [6.07, 6.45) is 1.84. The smallest absolute Gasteiger partial charge is 0.0828 e. The maximum absolute atomic E-state index is 6.53. The second-order valence-corrected chi connectivity index (χ2v) is 6.04. The van der Waals surface area contributed by atoms with Crippen LogP contribution in [-0.4, -0.2) is 6.21 Å². The van der Waals surface area contributed by atoms with Crippen molar-refractivity contribution in [2.24, 2.45) is 5.10 Å². The van der Waals surface area contributed by atoms with Crippen LogP contribution < -0.4 is 10.5 Å². The van der Waals surface area contributed by atoms with E-state index in [9.17, 15) is 0 Å². The minimum atomic E-state index is 0.698. The zero-order valence-corrected chi connectivity index (χ0v) is 14.2. The van der Waals surface area contributed by atoms with E-state index in [2.05, 4.69) is 22.8 Å². The van der Waals surface area contributed by atoms with Crippen LogP contribution in [-0.2, 0) is 0 Å². The molecule has 4 rings (SSSR count). The topological polar surface area (TPSA) is 27.6 Å². The SMILES string of the molecule is Clc1ccccc1C1=C(c2ccccc2)C=NNN1c1ccccc1. The number of halogens is 1. The first kappa shape index (κ1) is 15.5. The fraction of sp³-hybridized carbons (Fsp3) is 0. The van der Waals surface area contributed by atoms with Crippen molar-refractivity contribution in [3.8, 4) is 0 Å². The van der Waals surface area contributed by atoms with E-state index in [0.717, 1.165) is 28.1 Å². The van der Waals surface area contributed by atoms with Gasteiger partial charge in [0.2, 0.25) is 0 Å². The number of nitrogens with one attached hydrogen (secondary N) is 1. The minimum Gasteiger partial charge on any atom is -0.239 e. The van der Waals surface area contributed by atoms with Crippen LogP contribution in [0, 0.1) is 0 Å². The van der Waals surface area contributed by atoms with Gasteiger partial charge in [0.1, 0.15) is 0 Å². The van der Waals surface area contributed by atoms with E-state index in [0.29, 0.717) is 5.02 Å². The molecule has 1 N–H and O–H groups in total. The Morgan fingerprint density at radius 2 is 1.40 bits per heavy atom. The van der Waals surface area contributed by atoms with Gasteiger partial charge in [0.15, 0.2) is 0 Å². The molecule has 0 saturated carbocycles. The van der Waals surface area contributed by atoms with Crippen molar-refractivity contribution in [3.63, 3.8) is 0 Å². The molecule has 3 aromatic rings. The fourth-order valence-corrected chi connectivity index (χ4v) is 3.12. The molecule has 3 nitrogen and oxygen atoms in total. The Bertz CT molecular complexity index is 934. The Balaban J connectivity index is 1.97. The number of nitrogens with zero attached hydrogens (tertiary/aromatic N) is 2. The third-order valence-electron chi connectivity index (χ3n) is 4.06. The summed E-state index contributed by atoms with van der Waals surface area (Å²) in [5.74, 6) is 0. The molecule has 0 saturated heterocycles. The molecule has 0 fully saturated rings. The first-order valence-electron chi connectivity index (χ1n) is 8.03. The van der Waals surface area contributed by atoms with Crippen molar-refractivity contribution < 1.29 is 0 Å². The number of hydrogen-bond acceptors (Lipinski definition) is 3. The average Bonchev–Trinajstić information content (AvgIpc) is 2.69. The highest BCUT2D eigenvalue weighted by Crippen LogP contribution is 2.35. The Hall–Kier alpha value is -3.04. The van der Waals surface area contributed by atoms with Gasteiger partial charge in [0.25, 0.3) is 0 Å². The van der Waals surface area contributed by atoms with E-state index in [4.69, 9.17) is 11.6 Å². The van der Waals surface area contributed by atoms with Gasteiger partial charge in [0, 0.05) is 16.2 Å². The third kappa shape index (κ3) is 3.02. The Kier molecular flexibility index (Phi) is 4.23. The molecular weight excluding hydrogens is 330 g/mol. The van der Waals surface area contributed by atoms with E-state index >= 15 is 0 Å². The van der Waals surface area contributed by atoms with Crippen LogP contribution in [0.3, 0.4) is 0 Å². The highest BCUT2D eigenvalue weighted by molar-refractivity contribution is 6.34. The van der Waals surface area contributed by atoms with Gasteiger partial charge in [-0.2, -0.15) is 5.10 Å². The van der Waals surface area contributed by atoms with Crippen LogP contribution in [0.15, 0.2) is 90.0 Å². The second-order valence-electron chi connectivity index (χ2n) is 5.64. The number of anilines is 1. The summed E-state index contributed by atoms with van der Waals surface area (Å²) < 4.78 is 0. The largest absolute Gasteiger partial charge is 0.239 e. The van der Waals surface area contributed by atoms with E-state index in [-0.39, 0.29) is 0 Å². The van der Waals surface area contributed by atoms with Crippen molar-refractivity contribution in [2.45, 2.75) is 0 Å². The van der Waals surface area contributed by atoms with E-state index in [1.54, 1.807) is 0 Å². The lowest BCUT2D eigenvalue weighted by atomic mass is 9.99. The lowest BCUT2D eigenvalue weighted by Gasteiger charge is -2.31. The molecule has 0 aliphatic carbocycles. The molecular formula is C21H16ClN3. The lowest BCUT2D eigenvalue weighted by molar-refractivity contribution is 0.764. The zero-order valence-electron chi connectivity index (χ0n) is 13.4. The number of rotatable bonds is 3. The summed E-state index contributed by atoms with van der Waals surface area (Å²) in [6, 6.07) is 28.1. The maximum atomic E-state index is 6.53. The molecule has 25 heavy (non-hydrogen) atoms. The quantitative estimate of drug-likeness (QED) is 0.704. The van der Waals surface area contributed by atoms with Gasteiger partial charge in [-0.05, 0) is 23.8 Å². The number of para-hydroxylation sites is 1. The van der Waals surface area contributed by atoms with Crippen LogP contribution in [0.5, 0.6) is 0 Å².